The molecule has 0 bridgehead atoms. The maximum absolute atomic E-state index is 6.38. The molecule has 0 saturated heterocycles. The van der Waals surface area contributed by atoms with Crippen LogP contribution in [0.5, 0.6) is 11.6 Å². The van der Waals surface area contributed by atoms with Gasteiger partial charge in [0.15, 0.2) is 0 Å². The number of ether oxygens (including phenoxy) is 1. The molecule has 5 heteroatoms. The van der Waals surface area contributed by atoms with Crippen molar-refractivity contribution >= 4 is 15.5 Å². The van der Waals surface area contributed by atoms with Gasteiger partial charge >= 0.3 is 0 Å². The number of pyridine rings is 1. The van der Waals surface area contributed by atoms with Crippen LogP contribution in [0, 0.1) is 34.6 Å². The summed E-state index contributed by atoms with van der Waals surface area (Å²) in [6, 6.07) is 6.56. The average molecular weight is 441 g/mol. The van der Waals surface area contributed by atoms with Crippen LogP contribution in [-0.2, 0) is 4.43 Å². The normalized spacial score (nSPS) is 13.3. The van der Waals surface area contributed by atoms with E-state index >= 15 is 0 Å². The lowest BCUT2D eigenvalue weighted by molar-refractivity contribution is 0.0859. The lowest BCUT2D eigenvalue weighted by Crippen LogP contribution is -2.45. The molecule has 0 amide bonds. The zero-order valence-corrected chi connectivity index (χ0v) is 22.3. The largest absolute Gasteiger partial charge is 0.438 e. The second-order valence-corrected chi connectivity index (χ2v) is 12.1. The average Bonchev–Trinajstić information content (AvgIpc) is 2.63. The predicted molar refractivity (Wildman–Crippen MR) is 133 cm³/mol. The van der Waals surface area contributed by atoms with Crippen LogP contribution in [0.2, 0.25) is 5.04 Å². The molecular formula is C26H40N2O2Si. The van der Waals surface area contributed by atoms with Gasteiger partial charge in [0.1, 0.15) is 5.75 Å². The van der Waals surface area contributed by atoms with E-state index in [2.05, 4.69) is 92.8 Å². The Morgan fingerprint density at radius 3 is 2.06 bits per heavy atom. The summed E-state index contributed by atoms with van der Waals surface area (Å²) in [6.45, 7) is 23.5. The van der Waals surface area contributed by atoms with Gasteiger partial charge in [-0.2, -0.15) is 0 Å². The first-order valence-electron chi connectivity index (χ1n) is 11.2. The Morgan fingerprint density at radius 1 is 0.968 bits per heavy atom. The third kappa shape index (κ3) is 6.81. The molecular weight excluding hydrogens is 400 g/mol. The van der Waals surface area contributed by atoms with Crippen molar-refractivity contribution in [2.45, 2.75) is 99.3 Å². The molecule has 1 N–H and O–H groups in total. The van der Waals surface area contributed by atoms with E-state index in [-0.39, 0.29) is 16.7 Å². The number of hydrogen-bond donors (Lipinski definition) is 1. The number of aromatic nitrogens is 1. The summed E-state index contributed by atoms with van der Waals surface area (Å²) in [4.78, 5) is 4.71. The van der Waals surface area contributed by atoms with E-state index in [1.165, 1.54) is 5.56 Å². The fraction of sp³-hybridized carbons (Fsp3) is 0.577. The van der Waals surface area contributed by atoms with Crippen LogP contribution in [0.15, 0.2) is 18.2 Å². The predicted octanol–water partition coefficient (Wildman–Crippen LogP) is 7.24. The lowest BCUT2D eigenvalue weighted by Gasteiger charge is -2.37. The number of rotatable bonds is 8. The maximum Gasteiger partial charge on any atom is 0.236 e. The Bertz CT molecular complexity index is 893. The summed E-state index contributed by atoms with van der Waals surface area (Å²) in [5, 5.41) is 3.89. The first-order valence-corrected chi connectivity index (χ1v) is 12.1. The van der Waals surface area contributed by atoms with Crippen LogP contribution >= 0.6 is 0 Å². The minimum absolute atomic E-state index is 0.156. The molecule has 2 radical (unpaired) electrons. The quantitative estimate of drug-likeness (QED) is 0.439. The van der Waals surface area contributed by atoms with Crippen LogP contribution in [0.4, 0.5) is 5.69 Å². The van der Waals surface area contributed by atoms with Crippen LogP contribution in [0.1, 0.15) is 75.9 Å². The zero-order valence-electron chi connectivity index (χ0n) is 21.3. The van der Waals surface area contributed by atoms with Gasteiger partial charge in [0.05, 0.1) is 11.6 Å². The summed E-state index contributed by atoms with van der Waals surface area (Å²) in [5.74, 6) is 1.54. The molecule has 4 nitrogen and oxygen atoms in total. The van der Waals surface area contributed by atoms with Gasteiger partial charge in [-0.15, -0.1) is 0 Å². The van der Waals surface area contributed by atoms with E-state index in [0.717, 1.165) is 40.2 Å². The molecule has 1 aromatic carbocycles. The molecule has 1 unspecified atom stereocenters. The van der Waals surface area contributed by atoms with Crippen molar-refractivity contribution in [3.63, 3.8) is 0 Å². The van der Waals surface area contributed by atoms with Gasteiger partial charge in [-0.25, -0.2) is 4.98 Å². The van der Waals surface area contributed by atoms with Crippen molar-refractivity contribution in [2.75, 3.05) is 5.32 Å². The fourth-order valence-corrected chi connectivity index (χ4v) is 4.40. The van der Waals surface area contributed by atoms with Crippen molar-refractivity contribution in [3.8, 4) is 11.6 Å². The van der Waals surface area contributed by atoms with Crippen LogP contribution < -0.4 is 10.1 Å². The number of benzene rings is 1. The summed E-state index contributed by atoms with van der Waals surface area (Å²) < 4.78 is 12.7. The Morgan fingerprint density at radius 2 is 1.55 bits per heavy atom. The number of anilines is 1. The van der Waals surface area contributed by atoms with Crippen molar-refractivity contribution in [2.24, 2.45) is 0 Å². The fourth-order valence-electron chi connectivity index (χ4n) is 3.69. The standard InChI is InChI=1S/C26H40N2O2Si/c1-12-22(26(10,11)30-31-25(7,8)9)28-21-15-19(5)27-24(20(21)6)29-23-17(3)13-16(2)14-18(23)4/h13-15,22H,12H2,1-11H3,(H,27,28). The first kappa shape index (κ1) is 25.4. The van der Waals surface area contributed by atoms with Gasteiger partial charge in [-0.05, 0) is 77.1 Å². The second-order valence-electron chi connectivity index (χ2n) is 10.2. The molecule has 2 rings (SSSR count). The Kier molecular flexibility index (Phi) is 7.98. The molecule has 0 saturated carbocycles. The van der Waals surface area contributed by atoms with E-state index in [9.17, 15) is 0 Å². The van der Waals surface area contributed by atoms with Crippen LogP contribution in [0.3, 0.4) is 0 Å². The van der Waals surface area contributed by atoms with Crippen LogP contribution in [-0.4, -0.2) is 26.4 Å². The van der Waals surface area contributed by atoms with Gasteiger partial charge in [0.2, 0.25) is 15.6 Å². The number of aryl methyl sites for hydroxylation is 4. The van der Waals surface area contributed by atoms with E-state index in [1.807, 2.05) is 6.92 Å². The SMILES string of the molecule is CCC(Nc1cc(C)nc(Oc2c(C)cc(C)cc2C)c1C)C(C)(C)O[Si]C(C)(C)C. The minimum Gasteiger partial charge on any atom is -0.438 e. The maximum atomic E-state index is 6.38. The van der Waals surface area contributed by atoms with E-state index in [4.69, 9.17) is 14.1 Å². The molecule has 2 aromatic rings. The Labute approximate surface area is 192 Å². The Hall–Kier alpha value is -1.85. The highest BCUT2D eigenvalue weighted by Gasteiger charge is 2.31. The molecule has 170 valence electrons. The lowest BCUT2D eigenvalue weighted by atomic mass is 9.96. The van der Waals surface area contributed by atoms with Gasteiger partial charge in [-0.3, -0.25) is 0 Å². The van der Waals surface area contributed by atoms with Crippen molar-refractivity contribution in [3.05, 3.63) is 46.1 Å². The summed E-state index contributed by atoms with van der Waals surface area (Å²) >= 11 is 0. The third-order valence-electron chi connectivity index (χ3n) is 5.36. The number of nitrogens with one attached hydrogen (secondary N) is 1. The molecule has 0 spiro atoms. The van der Waals surface area contributed by atoms with E-state index in [1.54, 1.807) is 0 Å². The van der Waals surface area contributed by atoms with Crippen molar-refractivity contribution < 1.29 is 9.16 Å². The van der Waals surface area contributed by atoms with Crippen molar-refractivity contribution in [1.82, 2.24) is 4.98 Å². The number of nitrogens with zero attached hydrogens (tertiary/aromatic N) is 1. The van der Waals surface area contributed by atoms with E-state index < -0.39 is 0 Å². The monoisotopic (exact) mass is 440 g/mol. The highest BCUT2D eigenvalue weighted by molar-refractivity contribution is 6.31. The van der Waals surface area contributed by atoms with E-state index in [0.29, 0.717) is 15.6 Å². The molecule has 0 fully saturated rings. The smallest absolute Gasteiger partial charge is 0.236 e. The molecule has 0 aliphatic carbocycles. The number of hydrogen-bond acceptors (Lipinski definition) is 4. The third-order valence-corrected chi connectivity index (χ3v) is 6.60. The topological polar surface area (TPSA) is 43.4 Å². The second kappa shape index (κ2) is 9.74. The zero-order chi connectivity index (χ0) is 23.6. The molecule has 31 heavy (non-hydrogen) atoms. The molecule has 1 atom stereocenters. The summed E-state index contributed by atoms with van der Waals surface area (Å²) in [7, 11) is 0.442. The molecule has 0 aliphatic heterocycles. The van der Waals surface area contributed by atoms with Gasteiger partial charge in [0, 0.05) is 16.9 Å². The highest BCUT2D eigenvalue weighted by atomic mass is 28.2. The Balaban J connectivity index is 2.33. The molecule has 1 aromatic heterocycles. The van der Waals surface area contributed by atoms with Gasteiger partial charge < -0.3 is 14.5 Å². The highest BCUT2D eigenvalue weighted by Crippen LogP contribution is 2.35. The van der Waals surface area contributed by atoms with Gasteiger partial charge in [-0.1, -0.05) is 45.4 Å². The first-order chi connectivity index (χ1) is 14.2. The van der Waals surface area contributed by atoms with Crippen molar-refractivity contribution in [1.29, 1.82) is 0 Å². The summed E-state index contributed by atoms with van der Waals surface area (Å²) in [6.07, 6.45) is 0.953. The summed E-state index contributed by atoms with van der Waals surface area (Å²) in [5.41, 5.74) is 6.18. The molecule has 1 heterocycles. The minimum atomic E-state index is -0.296. The van der Waals surface area contributed by atoms with Crippen LogP contribution in [0.25, 0.3) is 0 Å². The molecule has 0 aliphatic rings. The van der Waals surface area contributed by atoms with Gasteiger partial charge in [0.25, 0.3) is 0 Å².